The maximum absolute atomic E-state index is 12.6. The molecule has 2 amide bonds. The molecule has 7 heteroatoms. The summed E-state index contributed by atoms with van der Waals surface area (Å²) in [6.45, 7) is 2.07. The first kappa shape index (κ1) is 14.8. The first-order chi connectivity index (χ1) is 8.25. The predicted octanol–water partition coefficient (Wildman–Crippen LogP) is 3.37. The van der Waals surface area contributed by atoms with Crippen LogP contribution in [0.1, 0.15) is 18.1 Å². The Hall–Kier alpha value is -1.24. The van der Waals surface area contributed by atoms with Gasteiger partial charge in [0, 0.05) is 17.6 Å². The molecule has 0 radical (unpaired) electrons. The number of hydrogen-bond acceptors (Lipinski definition) is 1. The molecule has 3 nitrogen and oxygen atoms in total. The molecule has 0 bridgehead atoms. The summed E-state index contributed by atoms with van der Waals surface area (Å²) in [6.07, 6.45) is -4.40. The standard InChI is InChI=1S/C11H12BrF3N2O/c1-2-17(10(16)18)6-7-5-8(11(13,14)15)3-4-9(7)12/h3-5H,2,6H2,1H3,(H2,16,18). The van der Waals surface area contributed by atoms with Gasteiger partial charge in [0.15, 0.2) is 0 Å². The van der Waals surface area contributed by atoms with Gasteiger partial charge in [0.1, 0.15) is 0 Å². The SMILES string of the molecule is CCN(Cc1cc(C(F)(F)F)ccc1Br)C(N)=O. The Bertz CT molecular complexity index is 448. The van der Waals surface area contributed by atoms with Crippen molar-refractivity contribution < 1.29 is 18.0 Å². The third kappa shape index (κ3) is 3.63. The minimum Gasteiger partial charge on any atom is -0.351 e. The van der Waals surface area contributed by atoms with Gasteiger partial charge in [0.05, 0.1) is 5.56 Å². The van der Waals surface area contributed by atoms with Gasteiger partial charge in [0.2, 0.25) is 0 Å². The number of urea groups is 1. The van der Waals surface area contributed by atoms with E-state index in [-0.39, 0.29) is 6.54 Å². The van der Waals surface area contributed by atoms with Crippen LogP contribution in [0.3, 0.4) is 0 Å². The second kappa shape index (κ2) is 5.60. The van der Waals surface area contributed by atoms with E-state index in [1.54, 1.807) is 6.92 Å². The monoisotopic (exact) mass is 324 g/mol. The fraction of sp³-hybridized carbons (Fsp3) is 0.364. The number of rotatable bonds is 3. The maximum Gasteiger partial charge on any atom is 0.416 e. The largest absolute Gasteiger partial charge is 0.416 e. The van der Waals surface area contributed by atoms with Gasteiger partial charge in [-0.2, -0.15) is 13.2 Å². The van der Waals surface area contributed by atoms with E-state index in [1.807, 2.05) is 0 Å². The number of nitrogens with zero attached hydrogens (tertiary/aromatic N) is 1. The Balaban J connectivity index is 3.05. The lowest BCUT2D eigenvalue weighted by Crippen LogP contribution is -2.35. The average Bonchev–Trinajstić information content (AvgIpc) is 2.25. The van der Waals surface area contributed by atoms with Crippen LogP contribution >= 0.6 is 15.9 Å². The van der Waals surface area contributed by atoms with E-state index in [4.69, 9.17) is 5.73 Å². The summed E-state index contributed by atoms with van der Waals surface area (Å²) in [6, 6.07) is 2.64. The molecular formula is C11H12BrF3N2O. The Morgan fingerprint density at radius 1 is 1.44 bits per heavy atom. The van der Waals surface area contributed by atoms with Crippen molar-refractivity contribution >= 4 is 22.0 Å². The second-order valence-electron chi connectivity index (χ2n) is 3.66. The highest BCUT2D eigenvalue weighted by atomic mass is 79.9. The van der Waals surface area contributed by atoms with Crippen LogP contribution in [0.5, 0.6) is 0 Å². The Kier molecular flexibility index (Phi) is 4.61. The van der Waals surface area contributed by atoms with Gasteiger partial charge in [-0.3, -0.25) is 0 Å². The van der Waals surface area contributed by atoms with Gasteiger partial charge < -0.3 is 10.6 Å². The van der Waals surface area contributed by atoms with E-state index in [0.717, 1.165) is 12.1 Å². The Morgan fingerprint density at radius 2 is 2.06 bits per heavy atom. The summed E-state index contributed by atoms with van der Waals surface area (Å²) in [4.78, 5) is 12.3. The zero-order valence-electron chi connectivity index (χ0n) is 9.59. The van der Waals surface area contributed by atoms with Gasteiger partial charge >= 0.3 is 12.2 Å². The molecular weight excluding hydrogens is 313 g/mol. The van der Waals surface area contributed by atoms with Gasteiger partial charge in [-0.1, -0.05) is 15.9 Å². The van der Waals surface area contributed by atoms with Crippen LogP contribution in [-0.4, -0.2) is 17.5 Å². The van der Waals surface area contributed by atoms with Gasteiger partial charge in [-0.25, -0.2) is 4.79 Å². The van der Waals surface area contributed by atoms with Crippen LogP contribution < -0.4 is 5.73 Å². The molecule has 100 valence electrons. The Labute approximate surface area is 111 Å². The van der Waals surface area contributed by atoms with Crippen molar-refractivity contribution in [1.82, 2.24) is 4.90 Å². The summed E-state index contributed by atoms with van der Waals surface area (Å²) in [5, 5.41) is 0. The van der Waals surface area contributed by atoms with E-state index in [1.165, 1.54) is 11.0 Å². The fourth-order valence-corrected chi connectivity index (χ4v) is 1.80. The zero-order valence-corrected chi connectivity index (χ0v) is 11.2. The molecule has 0 heterocycles. The van der Waals surface area contributed by atoms with Crippen molar-refractivity contribution in [3.63, 3.8) is 0 Å². The lowest BCUT2D eigenvalue weighted by molar-refractivity contribution is -0.137. The third-order valence-corrected chi connectivity index (χ3v) is 3.20. The third-order valence-electron chi connectivity index (χ3n) is 2.43. The van der Waals surface area contributed by atoms with Crippen molar-refractivity contribution in [2.75, 3.05) is 6.54 Å². The van der Waals surface area contributed by atoms with Crippen LogP contribution in [0.2, 0.25) is 0 Å². The van der Waals surface area contributed by atoms with E-state index in [9.17, 15) is 18.0 Å². The minimum atomic E-state index is -4.40. The number of carbonyl (C=O) groups excluding carboxylic acids is 1. The molecule has 1 rings (SSSR count). The summed E-state index contributed by atoms with van der Waals surface area (Å²) in [5.74, 6) is 0. The van der Waals surface area contributed by atoms with Crippen molar-refractivity contribution in [1.29, 1.82) is 0 Å². The second-order valence-corrected chi connectivity index (χ2v) is 4.51. The maximum atomic E-state index is 12.6. The van der Waals surface area contributed by atoms with Crippen LogP contribution in [-0.2, 0) is 12.7 Å². The topological polar surface area (TPSA) is 46.3 Å². The number of nitrogens with two attached hydrogens (primary N) is 1. The minimum absolute atomic E-state index is 0.0380. The molecule has 0 fully saturated rings. The van der Waals surface area contributed by atoms with E-state index in [2.05, 4.69) is 15.9 Å². The molecule has 18 heavy (non-hydrogen) atoms. The number of benzene rings is 1. The highest BCUT2D eigenvalue weighted by molar-refractivity contribution is 9.10. The number of amides is 2. The quantitative estimate of drug-likeness (QED) is 0.910. The number of carbonyl (C=O) groups is 1. The normalized spacial score (nSPS) is 11.4. The number of primary amides is 1. The molecule has 0 saturated heterocycles. The average molecular weight is 325 g/mol. The number of hydrogen-bond donors (Lipinski definition) is 1. The smallest absolute Gasteiger partial charge is 0.351 e. The van der Waals surface area contributed by atoms with Crippen LogP contribution in [0, 0.1) is 0 Å². The van der Waals surface area contributed by atoms with Crippen molar-refractivity contribution in [2.24, 2.45) is 5.73 Å². The molecule has 0 aliphatic carbocycles. The highest BCUT2D eigenvalue weighted by Crippen LogP contribution is 2.32. The molecule has 0 aliphatic rings. The predicted molar refractivity (Wildman–Crippen MR) is 64.8 cm³/mol. The number of halogens is 4. The summed E-state index contributed by atoms with van der Waals surface area (Å²) in [7, 11) is 0. The van der Waals surface area contributed by atoms with E-state index < -0.39 is 17.8 Å². The molecule has 0 aromatic heterocycles. The van der Waals surface area contributed by atoms with Crippen molar-refractivity contribution in [2.45, 2.75) is 19.6 Å². The molecule has 0 unspecified atom stereocenters. The molecule has 0 spiro atoms. The molecule has 0 saturated carbocycles. The highest BCUT2D eigenvalue weighted by Gasteiger charge is 2.31. The van der Waals surface area contributed by atoms with Crippen LogP contribution in [0.4, 0.5) is 18.0 Å². The summed E-state index contributed by atoms with van der Waals surface area (Å²) < 4.78 is 38.2. The molecule has 2 N–H and O–H groups in total. The van der Waals surface area contributed by atoms with Gasteiger partial charge in [-0.15, -0.1) is 0 Å². The molecule has 1 aromatic carbocycles. The van der Waals surface area contributed by atoms with Crippen molar-refractivity contribution in [3.05, 3.63) is 33.8 Å². The molecule has 0 atom stereocenters. The lowest BCUT2D eigenvalue weighted by Gasteiger charge is -2.19. The lowest BCUT2D eigenvalue weighted by atomic mass is 10.1. The molecule has 0 aliphatic heterocycles. The first-order valence-electron chi connectivity index (χ1n) is 5.15. The Morgan fingerprint density at radius 3 is 2.50 bits per heavy atom. The van der Waals surface area contributed by atoms with Crippen LogP contribution in [0.15, 0.2) is 22.7 Å². The molecule has 1 aromatic rings. The van der Waals surface area contributed by atoms with E-state index in [0.29, 0.717) is 16.6 Å². The summed E-state index contributed by atoms with van der Waals surface area (Å²) in [5.41, 5.74) is 4.74. The van der Waals surface area contributed by atoms with Crippen molar-refractivity contribution in [3.8, 4) is 0 Å². The van der Waals surface area contributed by atoms with Gasteiger partial charge in [-0.05, 0) is 30.7 Å². The van der Waals surface area contributed by atoms with E-state index >= 15 is 0 Å². The van der Waals surface area contributed by atoms with Crippen LogP contribution in [0.25, 0.3) is 0 Å². The first-order valence-corrected chi connectivity index (χ1v) is 5.95. The number of alkyl halides is 3. The van der Waals surface area contributed by atoms with Gasteiger partial charge in [0.25, 0.3) is 0 Å². The fourth-order valence-electron chi connectivity index (χ4n) is 1.42. The zero-order chi connectivity index (χ0) is 13.9. The summed E-state index contributed by atoms with van der Waals surface area (Å²) >= 11 is 3.16.